The molecule has 0 saturated carbocycles. The summed E-state index contributed by atoms with van der Waals surface area (Å²) in [5, 5.41) is 10.9. The van der Waals surface area contributed by atoms with Crippen LogP contribution in [0.25, 0.3) is 0 Å². The van der Waals surface area contributed by atoms with Gasteiger partial charge in [0.25, 0.3) is 0 Å². The molecular formula is C24H49NO5S2Si2. The number of nitrogens with zero attached hydrogens (tertiary/aromatic N) is 1. The van der Waals surface area contributed by atoms with E-state index >= 15 is 0 Å². The minimum atomic E-state index is -2.08. The lowest BCUT2D eigenvalue weighted by atomic mass is 10.0. The van der Waals surface area contributed by atoms with E-state index in [2.05, 4.69) is 67.4 Å². The fourth-order valence-electron chi connectivity index (χ4n) is 3.32. The number of aliphatic hydroxyl groups excluding tert-OH is 1. The van der Waals surface area contributed by atoms with Crippen molar-refractivity contribution in [2.24, 2.45) is 5.92 Å². The van der Waals surface area contributed by atoms with Crippen LogP contribution in [-0.2, 0) is 18.7 Å². The number of ether oxygens (including phenoxy) is 2. The molecular weight excluding hydrogens is 503 g/mol. The van der Waals surface area contributed by atoms with Crippen LogP contribution in [-0.4, -0.2) is 80.6 Å². The third kappa shape index (κ3) is 11.1. The number of carbonyl (C=O) groups is 1. The first-order chi connectivity index (χ1) is 15.4. The van der Waals surface area contributed by atoms with Crippen molar-refractivity contribution in [3.05, 3.63) is 0 Å². The normalized spacial score (nSPS) is 19.7. The maximum atomic E-state index is 13.0. The van der Waals surface area contributed by atoms with Crippen LogP contribution in [0.1, 0.15) is 47.5 Å². The molecule has 0 spiro atoms. The van der Waals surface area contributed by atoms with Crippen LogP contribution >= 0.6 is 24.0 Å². The summed E-state index contributed by atoms with van der Waals surface area (Å²) < 4.78 is 18.7. The molecule has 1 heterocycles. The minimum Gasteiger partial charge on any atom is -0.411 e. The van der Waals surface area contributed by atoms with Gasteiger partial charge in [-0.1, -0.05) is 78.2 Å². The van der Waals surface area contributed by atoms with Crippen molar-refractivity contribution in [1.82, 2.24) is 4.90 Å². The summed E-state index contributed by atoms with van der Waals surface area (Å²) in [6.07, 6.45) is -0.744. The summed E-state index contributed by atoms with van der Waals surface area (Å²) in [5.74, 6) is 1.03. The number of rotatable bonds is 14. The Bertz CT molecular complexity index is 665. The SMILES string of the molecule is CC(C)[C@@H]1CSC(=S)N1C(=O)C[C@@H](O)C[C@H](COCOCC[Si](C)(C)C)O[Si](C)(C)C(C)(C)C. The summed E-state index contributed by atoms with van der Waals surface area (Å²) in [6, 6.07) is 1.18. The van der Waals surface area contributed by atoms with Crippen LogP contribution in [0.2, 0.25) is 43.8 Å². The van der Waals surface area contributed by atoms with Crippen LogP contribution < -0.4 is 0 Å². The number of amides is 1. The van der Waals surface area contributed by atoms with Crippen LogP contribution in [0.5, 0.6) is 0 Å². The van der Waals surface area contributed by atoms with Gasteiger partial charge < -0.3 is 19.0 Å². The van der Waals surface area contributed by atoms with Gasteiger partial charge in [0.15, 0.2) is 8.32 Å². The molecule has 10 heteroatoms. The second-order valence-corrected chi connectivity index (χ2v) is 24.5. The van der Waals surface area contributed by atoms with Crippen LogP contribution in [0, 0.1) is 5.92 Å². The fourth-order valence-corrected chi connectivity index (χ4v) is 7.09. The molecule has 0 aromatic heterocycles. The molecule has 1 saturated heterocycles. The van der Waals surface area contributed by atoms with Crippen molar-refractivity contribution in [1.29, 1.82) is 0 Å². The molecule has 0 aromatic carbocycles. The first-order valence-electron chi connectivity index (χ1n) is 12.4. The summed E-state index contributed by atoms with van der Waals surface area (Å²) in [5.41, 5.74) is 0. The molecule has 1 rings (SSSR count). The Balaban J connectivity index is 2.72. The van der Waals surface area contributed by atoms with Gasteiger partial charge >= 0.3 is 0 Å². The third-order valence-corrected chi connectivity index (χ3v) is 14.4. The number of thiocarbonyl (C=S) groups is 1. The maximum Gasteiger partial charge on any atom is 0.230 e. The number of hydrogen-bond acceptors (Lipinski definition) is 7. The van der Waals surface area contributed by atoms with Crippen molar-refractivity contribution in [2.75, 3.05) is 25.8 Å². The van der Waals surface area contributed by atoms with Gasteiger partial charge in [-0.25, -0.2) is 0 Å². The molecule has 1 N–H and O–H groups in total. The van der Waals surface area contributed by atoms with Crippen molar-refractivity contribution >= 4 is 50.6 Å². The van der Waals surface area contributed by atoms with Gasteiger partial charge in [-0.3, -0.25) is 9.69 Å². The summed E-state index contributed by atoms with van der Waals surface area (Å²) in [7, 11) is -3.22. The van der Waals surface area contributed by atoms with E-state index in [0.717, 1.165) is 11.8 Å². The zero-order valence-electron chi connectivity index (χ0n) is 23.1. The Morgan fingerprint density at radius 3 is 2.35 bits per heavy atom. The molecule has 0 bridgehead atoms. The smallest absolute Gasteiger partial charge is 0.230 e. The van der Waals surface area contributed by atoms with Gasteiger partial charge in [0.05, 0.1) is 25.2 Å². The van der Waals surface area contributed by atoms with E-state index < -0.39 is 22.5 Å². The van der Waals surface area contributed by atoms with Crippen molar-refractivity contribution in [3.8, 4) is 0 Å². The molecule has 1 aliphatic rings. The number of carbonyl (C=O) groups excluding carboxylic acids is 1. The predicted molar refractivity (Wildman–Crippen MR) is 153 cm³/mol. The lowest BCUT2D eigenvalue weighted by Crippen LogP contribution is -2.46. The molecule has 34 heavy (non-hydrogen) atoms. The number of hydrogen-bond donors (Lipinski definition) is 1. The number of aliphatic hydroxyl groups is 1. The molecule has 0 radical (unpaired) electrons. The fraction of sp³-hybridized carbons (Fsp3) is 0.917. The molecule has 0 aliphatic carbocycles. The summed E-state index contributed by atoms with van der Waals surface area (Å²) in [4.78, 5) is 14.7. The lowest BCUT2D eigenvalue weighted by molar-refractivity contribution is -0.131. The van der Waals surface area contributed by atoms with Crippen molar-refractivity contribution in [2.45, 2.75) is 110 Å². The quantitative estimate of drug-likeness (QED) is 0.128. The maximum absolute atomic E-state index is 13.0. The van der Waals surface area contributed by atoms with E-state index in [0.29, 0.717) is 29.9 Å². The van der Waals surface area contributed by atoms with Crippen LogP contribution in [0.15, 0.2) is 0 Å². The Labute approximate surface area is 220 Å². The Kier molecular flexibility index (Phi) is 12.9. The molecule has 1 aliphatic heterocycles. The zero-order valence-corrected chi connectivity index (χ0v) is 26.7. The standard InChI is InChI=1S/C24H49NO5S2Si2/c1-18(2)21-16-32-23(31)25(21)22(27)14-19(26)13-20(30-34(9,10)24(3,4)5)15-29-17-28-11-12-33(6,7)8/h18-21,26H,11-17H2,1-10H3/t19-,20+,21-/m0/s1. The topological polar surface area (TPSA) is 68.2 Å². The highest BCUT2D eigenvalue weighted by molar-refractivity contribution is 8.23. The monoisotopic (exact) mass is 551 g/mol. The van der Waals surface area contributed by atoms with E-state index in [-0.39, 0.29) is 36.3 Å². The van der Waals surface area contributed by atoms with Gasteiger partial charge in [0, 0.05) is 32.9 Å². The Morgan fingerprint density at radius 1 is 1.21 bits per heavy atom. The van der Waals surface area contributed by atoms with Gasteiger partial charge in [0.2, 0.25) is 5.91 Å². The number of thioether (sulfide) groups is 1. The van der Waals surface area contributed by atoms with Gasteiger partial charge in [-0.15, -0.1) is 0 Å². The molecule has 200 valence electrons. The highest BCUT2D eigenvalue weighted by Crippen LogP contribution is 2.38. The molecule has 6 nitrogen and oxygen atoms in total. The average Bonchev–Trinajstić information content (AvgIpc) is 3.04. The largest absolute Gasteiger partial charge is 0.411 e. The second-order valence-electron chi connectivity index (χ2n) is 12.5. The predicted octanol–water partition coefficient (Wildman–Crippen LogP) is 5.73. The van der Waals surface area contributed by atoms with Gasteiger partial charge in [-0.2, -0.15) is 0 Å². The highest BCUT2D eigenvalue weighted by atomic mass is 32.2. The Hall–Kier alpha value is 0.184. The van der Waals surface area contributed by atoms with Crippen molar-refractivity contribution in [3.63, 3.8) is 0 Å². The lowest BCUT2D eigenvalue weighted by Gasteiger charge is -2.39. The summed E-state index contributed by atoms with van der Waals surface area (Å²) >= 11 is 6.96. The van der Waals surface area contributed by atoms with E-state index in [1.165, 1.54) is 0 Å². The van der Waals surface area contributed by atoms with Crippen LogP contribution in [0.4, 0.5) is 0 Å². The highest BCUT2D eigenvalue weighted by Gasteiger charge is 2.40. The molecule has 0 aromatic rings. The molecule has 1 amide bonds. The minimum absolute atomic E-state index is 0.0311. The Morgan fingerprint density at radius 2 is 1.82 bits per heavy atom. The third-order valence-electron chi connectivity index (χ3n) is 6.62. The first-order valence-corrected chi connectivity index (χ1v) is 20.5. The van der Waals surface area contributed by atoms with Crippen LogP contribution in [0.3, 0.4) is 0 Å². The molecule has 3 atom stereocenters. The second kappa shape index (κ2) is 13.6. The van der Waals surface area contributed by atoms with Gasteiger partial charge in [0.1, 0.15) is 11.1 Å². The van der Waals surface area contributed by atoms with E-state index in [1.54, 1.807) is 16.7 Å². The zero-order chi connectivity index (χ0) is 26.3. The average molecular weight is 552 g/mol. The van der Waals surface area contributed by atoms with Crippen molar-refractivity contribution < 1.29 is 23.8 Å². The van der Waals surface area contributed by atoms with E-state index in [9.17, 15) is 9.90 Å². The molecule has 0 unspecified atom stereocenters. The van der Waals surface area contributed by atoms with E-state index in [4.69, 9.17) is 26.1 Å². The van der Waals surface area contributed by atoms with E-state index in [1.807, 2.05) is 0 Å². The van der Waals surface area contributed by atoms with Gasteiger partial charge in [-0.05, 0) is 30.1 Å². The molecule has 1 fully saturated rings. The first kappa shape index (κ1) is 32.2. The summed E-state index contributed by atoms with van der Waals surface area (Å²) in [6.45, 7) is 23.3.